The molecule has 112 valence electrons. The molecule has 0 bridgehead atoms. The SMILES string of the molecule is CCc1csc2nc(N3CCN(C(C)=O)CC3)nc(N)c12. The molecule has 0 aliphatic carbocycles. The molecule has 2 aromatic rings. The number of aryl methyl sites for hydroxylation is 1. The van der Waals surface area contributed by atoms with E-state index in [1.165, 1.54) is 5.56 Å². The number of hydrogen-bond donors (Lipinski definition) is 1. The summed E-state index contributed by atoms with van der Waals surface area (Å²) in [7, 11) is 0. The van der Waals surface area contributed by atoms with E-state index in [1.54, 1.807) is 18.3 Å². The second-order valence-corrected chi connectivity index (χ2v) is 6.05. The van der Waals surface area contributed by atoms with Gasteiger partial charge in [-0.05, 0) is 17.4 Å². The standard InChI is InChI=1S/C14H19N5OS/c1-3-10-8-21-13-11(10)12(15)16-14(17-13)19-6-4-18(5-7-19)9(2)20/h8H,3-7H2,1-2H3,(H2,15,16,17). The third-order valence-electron chi connectivity index (χ3n) is 3.91. The number of thiophene rings is 1. The van der Waals surface area contributed by atoms with Crippen LogP contribution in [0.2, 0.25) is 0 Å². The molecule has 1 fully saturated rings. The topological polar surface area (TPSA) is 75.4 Å². The average molecular weight is 305 g/mol. The Morgan fingerprint density at radius 1 is 1.33 bits per heavy atom. The Kier molecular flexibility index (Phi) is 3.67. The van der Waals surface area contributed by atoms with Crippen molar-refractivity contribution < 1.29 is 4.79 Å². The quantitative estimate of drug-likeness (QED) is 0.910. The predicted octanol–water partition coefficient (Wildman–Crippen LogP) is 1.50. The van der Waals surface area contributed by atoms with Gasteiger partial charge in [-0.15, -0.1) is 11.3 Å². The first kappa shape index (κ1) is 14.1. The van der Waals surface area contributed by atoms with Gasteiger partial charge in [0.15, 0.2) is 0 Å². The summed E-state index contributed by atoms with van der Waals surface area (Å²) in [5, 5.41) is 3.10. The van der Waals surface area contributed by atoms with Crippen LogP contribution in [0.3, 0.4) is 0 Å². The van der Waals surface area contributed by atoms with Crippen LogP contribution in [0.1, 0.15) is 19.4 Å². The number of amides is 1. The third kappa shape index (κ3) is 2.53. The largest absolute Gasteiger partial charge is 0.383 e. The summed E-state index contributed by atoms with van der Waals surface area (Å²) < 4.78 is 0. The van der Waals surface area contributed by atoms with Crippen LogP contribution in [0.5, 0.6) is 0 Å². The summed E-state index contributed by atoms with van der Waals surface area (Å²) in [5.41, 5.74) is 7.33. The summed E-state index contributed by atoms with van der Waals surface area (Å²) in [4.78, 5) is 25.4. The van der Waals surface area contributed by atoms with Crippen molar-refractivity contribution in [1.82, 2.24) is 14.9 Å². The molecule has 1 aliphatic heterocycles. The van der Waals surface area contributed by atoms with Crippen molar-refractivity contribution >= 4 is 39.2 Å². The number of aromatic nitrogens is 2. The van der Waals surface area contributed by atoms with Crippen molar-refractivity contribution in [2.45, 2.75) is 20.3 Å². The number of piperazine rings is 1. The lowest BCUT2D eigenvalue weighted by Crippen LogP contribution is -2.48. The lowest BCUT2D eigenvalue weighted by Gasteiger charge is -2.34. The van der Waals surface area contributed by atoms with Gasteiger partial charge in [0, 0.05) is 33.1 Å². The molecule has 2 aromatic heterocycles. The van der Waals surface area contributed by atoms with Crippen molar-refractivity contribution in [2.24, 2.45) is 0 Å². The van der Waals surface area contributed by atoms with Crippen molar-refractivity contribution in [2.75, 3.05) is 36.8 Å². The lowest BCUT2D eigenvalue weighted by atomic mass is 10.2. The molecular formula is C14H19N5OS. The van der Waals surface area contributed by atoms with Crippen LogP contribution in [-0.4, -0.2) is 47.0 Å². The minimum absolute atomic E-state index is 0.122. The van der Waals surface area contributed by atoms with Gasteiger partial charge in [0.05, 0.1) is 5.39 Å². The van der Waals surface area contributed by atoms with Crippen LogP contribution in [0.4, 0.5) is 11.8 Å². The summed E-state index contributed by atoms with van der Waals surface area (Å²) in [5.74, 6) is 1.35. The van der Waals surface area contributed by atoms with Crippen molar-refractivity contribution in [3.8, 4) is 0 Å². The Balaban J connectivity index is 1.87. The molecule has 1 aliphatic rings. The molecule has 0 atom stereocenters. The molecular weight excluding hydrogens is 286 g/mol. The molecule has 3 rings (SSSR count). The van der Waals surface area contributed by atoms with E-state index in [2.05, 4.69) is 27.2 Å². The van der Waals surface area contributed by atoms with E-state index in [0.29, 0.717) is 24.9 Å². The molecule has 0 saturated carbocycles. The van der Waals surface area contributed by atoms with Gasteiger partial charge in [-0.3, -0.25) is 4.79 Å². The molecule has 0 aromatic carbocycles. The first-order valence-corrected chi connectivity index (χ1v) is 8.02. The zero-order valence-corrected chi connectivity index (χ0v) is 13.1. The summed E-state index contributed by atoms with van der Waals surface area (Å²) in [6.45, 7) is 6.62. The number of carbonyl (C=O) groups excluding carboxylic acids is 1. The van der Waals surface area contributed by atoms with Gasteiger partial charge in [0.2, 0.25) is 11.9 Å². The Bertz CT molecular complexity index is 675. The maximum atomic E-state index is 11.4. The highest BCUT2D eigenvalue weighted by Gasteiger charge is 2.22. The van der Waals surface area contributed by atoms with E-state index >= 15 is 0 Å². The van der Waals surface area contributed by atoms with Gasteiger partial charge in [-0.1, -0.05) is 6.92 Å². The second kappa shape index (κ2) is 5.48. The number of fused-ring (bicyclic) bond motifs is 1. The summed E-state index contributed by atoms with van der Waals surface area (Å²) in [6, 6.07) is 0. The fraction of sp³-hybridized carbons (Fsp3) is 0.500. The first-order valence-electron chi connectivity index (χ1n) is 7.14. The third-order valence-corrected chi connectivity index (χ3v) is 4.84. The molecule has 0 radical (unpaired) electrons. The van der Waals surface area contributed by atoms with Gasteiger partial charge < -0.3 is 15.5 Å². The fourth-order valence-corrected chi connectivity index (χ4v) is 3.67. The van der Waals surface area contributed by atoms with Crippen LogP contribution in [0, 0.1) is 0 Å². The summed E-state index contributed by atoms with van der Waals surface area (Å²) in [6.07, 6.45) is 0.935. The fourth-order valence-electron chi connectivity index (χ4n) is 2.64. The highest BCUT2D eigenvalue weighted by atomic mass is 32.1. The van der Waals surface area contributed by atoms with E-state index in [9.17, 15) is 4.79 Å². The number of rotatable bonds is 2. The van der Waals surface area contributed by atoms with Crippen molar-refractivity contribution in [1.29, 1.82) is 0 Å². The normalized spacial score (nSPS) is 15.7. The molecule has 7 heteroatoms. The van der Waals surface area contributed by atoms with Crippen molar-refractivity contribution in [3.05, 3.63) is 10.9 Å². The Morgan fingerprint density at radius 2 is 2.05 bits per heavy atom. The van der Waals surface area contributed by atoms with Gasteiger partial charge >= 0.3 is 0 Å². The first-order chi connectivity index (χ1) is 10.1. The van der Waals surface area contributed by atoms with Crippen LogP contribution in [-0.2, 0) is 11.2 Å². The van der Waals surface area contributed by atoms with E-state index < -0.39 is 0 Å². The number of nitrogen functional groups attached to an aromatic ring is 1. The van der Waals surface area contributed by atoms with Crippen LogP contribution in [0.25, 0.3) is 10.2 Å². The second-order valence-electron chi connectivity index (χ2n) is 5.20. The number of carbonyl (C=O) groups is 1. The molecule has 1 amide bonds. The monoisotopic (exact) mass is 305 g/mol. The lowest BCUT2D eigenvalue weighted by molar-refractivity contribution is -0.129. The smallest absolute Gasteiger partial charge is 0.228 e. The van der Waals surface area contributed by atoms with E-state index in [4.69, 9.17) is 5.73 Å². The molecule has 0 spiro atoms. The summed E-state index contributed by atoms with van der Waals surface area (Å²) >= 11 is 1.61. The number of anilines is 2. The Hall–Kier alpha value is -1.89. The number of nitrogens with zero attached hydrogens (tertiary/aromatic N) is 4. The zero-order valence-electron chi connectivity index (χ0n) is 12.3. The molecule has 3 heterocycles. The molecule has 2 N–H and O–H groups in total. The van der Waals surface area contributed by atoms with Gasteiger partial charge in [0.25, 0.3) is 0 Å². The predicted molar refractivity (Wildman–Crippen MR) is 85.7 cm³/mol. The Labute approximate surface area is 127 Å². The van der Waals surface area contributed by atoms with Crippen LogP contribution in [0.15, 0.2) is 5.38 Å². The maximum absolute atomic E-state index is 11.4. The average Bonchev–Trinajstić information content (AvgIpc) is 2.91. The molecule has 6 nitrogen and oxygen atoms in total. The van der Waals surface area contributed by atoms with E-state index in [0.717, 1.165) is 29.7 Å². The number of hydrogen-bond acceptors (Lipinski definition) is 6. The molecule has 0 unspecified atom stereocenters. The molecule has 1 saturated heterocycles. The van der Waals surface area contributed by atoms with Gasteiger partial charge in [-0.2, -0.15) is 4.98 Å². The minimum Gasteiger partial charge on any atom is -0.383 e. The van der Waals surface area contributed by atoms with Crippen LogP contribution >= 0.6 is 11.3 Å². The number of nitrogens with two attached hydrogens (primary N) is 1. The minimum atomic E-state index is 0.122. The zero-order chi connectivity index (χ0) is 15.0. The van der Waals surface area contributed by atoms with Gasteiger partial charge in [-0.25, -0.2) is 4.98 Å². The highest BCUT2D eigenvalue weighted by Crippen LogP contribution is 2.30. The highest BCUT2D eigenvalue weighted by molar-refractivity contribution is 7.17. The maximum Gasteiger partial charge on any atom is 0.228 e. The van der Waals surface area contributed by atoms with Crippen molar-refractivity contribution in [3.63, 3.8) is 0 Å². The van der Waals surface area contributed by atoms with Gasteiger partial charge in [0.1, 0.15) is 10.6 Å². The van der Waals surface area contributed by atoms with Crippen LogP contribution < -0.4 is 10.6 Å². The molecule has 21 heavy (non-hydrogen) atoms. The van der Waals surface area contributed by atoms with E-state index in [-0.39, 0.29) is 5.91 Å². The van der Waals surface area contributed by atoms with E-state index in [1.807, 2.05) is 4.90 Å². The Morgan fingerprint density at radius 3 is 2.67 bits per heavy atom.